The monoisotopic (exact) mass is 369 g/mol. The molecule has 2 rings (SSSR count). The van der Waals surface area contributed by atoms with Gasteiger partial charge in [-0.15, -0.1) is 11.3 Å². The van der Waals surface area contributed by atoms with E-state index in [2.05, 4.69) is 15.8 Å². The Morgan fingerprint density at radius 3 is 2.46 bits per heavy atom. The highest BCUT2D eigenvalue weighted by Gasteiger charge is 2.20. The fourth-order valence-corrected chi connectivity index (χ4v) is 3.28. The highest BCUT2D eigenvalue weighted by Crippen LogP contribution is 2.32. The number of hydrogen-bond donors (Lipinski definition) is 2. The Hall–Kier alpha value is -3.18. The Morgan fingerprint density at radius 1 is 1.27 bits per heavy atom. The highest BCUT2D eigenvalue weighted by molar-refractivity contribution is 7.18. The number of amides is 2. The van der Waals surface area contributed by atoms with Crippen LogP contribution < -0.4 is 15.6 Å². The second-order valence-electron chi connectivity index (χ2n) is 5.74. The number of carbonyl (C=O) groups is 2. The van der Waals surface area contributed by atoms with E-state index in [0.717, 1.165) is 22.6 Å². The van der Waals surface area contributed by atoms with Gasteiger partial charge in [0.25, 0.3) is 5.91 Å². The number of nitrogens with zero attached hydrogens (tertiary/aromatic N) is 3. The minimum absolute atomic E-state index is 0.290. The second-order valence-corrected chi connectivity index (χ2v) is 6.76. The van der Waals surface area contributed by atoms with E-state index in [1.54, 1.807) is 13.1 Å². The molecule has 2 N–H and O–H groups in total. The molecule has 2 amide bonds. The molecule has 0 saturated carbocycles. The van der Waals surface area contributed by atoms with E-state index >= 15 is 0 Å². The van der Waals surface area contributed by atoms with E-state index in [4.69, 9.17) is 0 Å². The number of nitriles is 1. The third-order valence-corrected chi connectivity index (χ3v) is 4.75. The van der Waals surface area contributed by atoms with Gasteiger partial charge in [0.05, 0.1) is 11.8 Å². The van der Waals surface area contributed by atoms with Crippen molar-refractivity contribution in [2.75, 3.05) is 24.3 Å². The summed E-state index contributed by atoms with van der Waals surface area (Å²) >= 11 is 1.05. The SMILES string of the molecule is CC(=O)Nc1sc(C(=O)N/N=C\c2ccc(N(C)C)cc2)c(C)c1C#N. The number of hydrazone groups is 1. The first-order chi connectivity index (χ1) is 12.3. The largest absolute Gasteiger partial charge is 0.378 e. The van der Waals surface area contributed by atoms with E-state index < -0.39 is 5.91 Å². The van der Waals surface area contributed by atoms with Gasteiger partial charge in [-0.05, 0) is 30.2 Å². The normalized spacial score (nSPS) is 10.4. The maximum Gasteiger partial charge on any atom is 0.281 e. The number of carbonyl (C=O) groups excluding carboxylic acids is 2. The van der Waals surface area contributed by atoms with Crippen molar-refractivity contribution in [3.05, 3.63) is 45.8 Å². The Balaban J connectivity index is 2.11. The number of anilines is 2. The smallest absolute Gasteiger partial charge is 0.281 e. The molecule has 0 unspecified atom stereocenters. The molecule has 7 nitrogen and oxygen atoms in total. The molecule has 1 aromatic carbocycles. The molecule has 8 heteroatoms. The van der Waals surface area contributed by atoms with Crippen LogP contribution in [0.1, 0.15) is 33.3 Å². The fraction of sp³-hybridized carbons (Fsp3) is 0.222. The molecular weight excluding hydrogens is 350 g/mol. The van der Waals surface area contributed by atoms with Crippen LogP contribution in [0.3, 0.4) is 0 Å². The summed E-state index contributed by atoms with van der Waals surface area (Å²) in [6.07, 6.45) is 1.54. The number of hydrogen-bond acceptors (Lipinski definition) is 6. The van der Waals surface area contributed by atoms with E-state index in [1.165, 1.54) is 6.92 Å². The van der Waals surface area contributed by atoms with Gasteiger partial charge in [0.1, 0.15) is 15.9 Å². The molecule has 0 aliphatic carbocycles. The molecule has 0 bridgehead atoms. The third kappa shape index (κ3) is 4.46. The quantitative estimate of drug-likeness (QED) is 0.625. The molecule has 0 fully saturated rings. The zero-order valence-electron chi connectivity index (χ0n) is 15.0. The molecule has 0 aliphatic heterocycles. The van der Waals surface area contributed by atoms with Crippen molar-refractivity contribution < 1.29 is 9.59 Å². The van der Waals surface area contributed by atoms with Crippen molar-refractivity contribution in [3.8, 4) is 6.07 Å². The minimum atomic E-state index is -0.429. The first kappa shape index (κ1) is 19.1. The van der Waals surface area contributed by atoms with E-state index in [9.17, 15) is 14.9 Å². The van der Waals surface area contributed by atoms with Gasteiger partial charge in [0.2, 0.25) is 5.91 Å². The standard InChI is InChI=1S/C18H19N5O2S/c1-11-15(9-19)18(21-12(2)24)26-16(11)17(25)22-20-10-13-5-7-14(8-6-13)23(3)4/h5-8,10H,1-4H3,(H,21,24)(H,22,25)/b20-10-. The van der Waals surface area contributed by atoms with E-state index in [1.807, 2.05) is 49.3 Å². The Bertz CT molecular complexity index is 892. The Morgan fingerprint density at radius 2 is 1.92 bits per heavy atom. The fourth-order valence-electron chi connectivity index (χ4n) is 2.19. The second kappa shape index (κ2) is 8.27. The van der Waals surface area contributed by atoms with Gasteiger partial charge in [-0.2, -0.15) is 10.4 Å². The molecular formula is C18H19N5O2S. The van der Waals surface area contributed by atoms with E-state index in [0.29, 0.717) is 21.0 Å². The average Bonchev–Trinajstić information content (AvgIpc) is 2.90. The molecule has 0 radical (unpaired) electrons. The number of nitrogens with one attached hydrogen (secondary N) is 2. The molecule has 134 valence electrons. The number of thiophene rings is 1. The summed E-state index contributed by atoms with van der Waals surface area (Å²) in [6, 6.07) is 9.70. The average molecular weight is 369 g/mol. The van der Waals surface area contributed by atoms with E-state index in [-0.39, 0.29) is 5.91 Å². The first-order valence-electron chi connectivity index (χ1n) is 7.75. The zero-order chi connectivity index (χ0) is 19.3. The van der Waals surface area contributed by atoms with Crippen molar-refractivity contribution >= 4 is 40.1 Å². The lowest BCUT2D eigenvalue weighted by Gasteiger charge is -2.11. The summed E-state index contributed by atoms with van der Waals surface area (Å²) in [6.45, 7) is 3.01. The summed E-state index contributed by atoms with van der Waals surface area (Å²) < 4.78 is 0. The van der Waals surface area contributed by atoms with Crippen LogP contribution in [0, 0.1) is 18.3 Å². The van der Waals surface area contributed by atoms with Crippen LogP contribution in [-0.2, 0) is 4.79 Å². The van der Waals surface area contributed by atoms with Crippen LogP contribution in [-0.4, -0.2) is 32.1 Å². The molecule has 2 aromatic rings. The zero-order valence-corrected chi connectivity index (χ0v) is 15.8. The van der Waals surface area contributed by atoms with Gasteiger partial charge >= 0.3 is 0 Å². The molecule has 0 spiro atoms. The number of benzene rings is 1. The van der Waals surface area contributed by atoms with Crippen LogP contribution in [0.5, 0.6) is 0 Å². The maximum atomic E-state index is 12.3. The highest BCUT2D eigenvalue weighted by atomic mass is 32.1. The third-order valence-electron chi connectivity index (χ3n) is 3.54. The molecule has 0 atom stereocenters. The van der Waals surface area contributed by atoms with Gasteiger partial charge in [0.15, 0.2) is 0 Å². The van der Waals surface area contributed by atoms with Crippen molar-refractivity contribution in [2.45, 2.75) is 13.8 Å². The van der Waals surface area contributed by atoms with Crippen LogP contribution in [0.25, 0.3) is 0 Å². The minimum Gasteiger partial charge on any atom is -0.378 e. The lowest BCUT2D eigenvalue weighted by molar-refractivity contribution is -0.114. The molecule has 1 heterocycles. The number of rotatable bonds is 5. The first-order valence-corrected chi connectivity index (χ1v) is 8.57. The maximum absolute atomic E-state index is 12.3. The summed E-state index contributed by atoms with van der Waals surface area (Å²) in [5.74, 6) is -0.726. The molecule has 0 aliphatic rings. The topological polar surface area (TPSA) is 97.6 Å². The Labute approximate surface area is 155 Å². The lowest BCUT2D eigenvalue weighted by atomic mass is 10.1. The molecule has 0 saturated heterocycles. The molecule has 1 aromatic heterocycles. The lowest BCUT2D eigenvalue weighted by Crippen LogP contribution is -2.17. The predicted molar refractivity (Wildman–Crippen MR) is 104 cm³/mol. The summed E-state index contributed by atoms with van der Waals surface area (Å²) in [5, 5.41) is 16.1. The van der Waals surface area contributed by atoms with Crippen LogP contribution in [0.15, 0.2) is 29.4 Å². The van der Waals surface area contributed by atoms with Crippen molar-refractivity contribution in [1.82, 2.24) is 5.43 Å². The van der Waals surface area contributed by atoms with Gasteiger partial charge in [-0.25, -0.2) is 5.43 Å². The summed E-state index contributed by atoms with van der Waals surface area (Å²) in [5.41, 5.74) is 5.17. The van der Waals surface area contributed by atoms with Crippen molar-refractivity contribution in [2.24, 2.45) is 5.10 Å². The van der Waals surface area contributed by atoms with Gasteiger partial charge < -0.3 is 10.2 Å². The van der Waals surface area contributed by atoms with Crippen molar-refractivity contribution in [3.63, 3.8) is 0 Å². The predicted octanol–water partition coefficient (Wildman–Crippen LogP) is 2.72. The Kier molecular flexibility index (Phi) is 6.09. The summed E-state index contributed by atoms with van der Waals surface area (Å²) in [4.78, 5) is 25.9. The van der Waals surface area contributed by atoms with Crippen LogP contribution in [0.2, 0.25) is 0 Å². The summed E-state index contributed by atoms with van der Waals surface area (Å²) in [7, 11) is 3.91. The van der Waals surface area contributed by atoms with Crippen LogP contribution in [0.4, 0.5) is 10.7 Å². The van der Waals surface area contributed by atoms with Crippen molar-refractivity contribution in [1.29, 1.82) is 5.26 Å². The van der Waals surface area contributed by atoms with Gasteiger partial charge in [-0.3, -0.25) is 9.59 Å². The van der Waals surface area contributed by atoms with Crippen LogP contribution >= 0.6 is 11.3 Å². The van der Waals surface area contributed by atoms with Gasteiger partial charge in [0, 0.05) is 26.7 Å². The molecule has 26 heavy (non-hydrogen) atoms. The van der Waals surface area contributed by atoms with Gasteiger partial charge in [-0.1, -0.05) is 12.1 Å².